The first-order valence-corrected chi connectivity index (χ1v) is 26.1. The molecule has 0 aliphatic rings. The summed E-state index contributed by atoms with van der Waals surface area (Å²) in [6.45, 7) is 4.33. The van der Waals surface area contributed by atoms with E-state index in [9.17, 15) is 0 Å². The van der Waals surface area contributed by atoms with Gasteiger partial charge in [0.1, 0.15) is 5.58 Å². The Balaban J connectivity index is 0.000000178. The molecule has 3 nitrogen and oxygen atoms in total. The van der Waals surface area contributed by atoms with Gasteiger partial charge in [-0.05, 0) is 40.9 Å². The van der Waals surface area contributed by atoms with Gasteiger partial charge in [0, 0.05) is 37.3 Å². The van der Waals surface area contributed by atoms with E-state index >= 15 is 0 Å². The maximum atomic E-state index is 6.38. The number of aromatic nitrogens is 2. The first kappa shape index (κ1) is 38.9. The van der Waals surface area contributed by atoms with Gasteiger partial charge < -0.3 is 9.40 Å². The minimum absolute atomic E-state index is 0. The van der Waals surface area contributed by atoms with Gasteiger partial charge in [0.25, 0.3) is 0 Å². The van der Waals surface area contributed by atoms with Crippen LogP contribution in [0.3, 0.4) is 0 Å². The topological polar surface area (TPSA) is 38.9 Å². The molecule has 9 aromatic rings. The fraction of sp³-hybridized carbons (Fsp3) is 0.0980. The predicted octanol–water partition coefficient (Wildman–Crippen LogP) is 13.2. The molecule has 277 valence electrons. The predicted molar refractivity (Wildman–Crippen MR) is 233 cm³/mol. The third-order valence-electron chi connectivity index (χ3n) is 10.1. The Bertz CT molecular complexity index is 2760. The Kier molecular flexibility index (Phi) is 11.6. The van der Waals surface area contributed by atoms with Gasteiger partial charge in [-0.15, -0.1) is 18.2 Å². The summed E-state index contributed by atoms with van der Waals surface area (Å²) in [6, 6.07) is 58.9. The van der Waals surface area contributed by atoms with Crippen LogP contribution >= 0.6 is 0 Å². The van der Waals surface area contributed by atoms with E-state index in [1.807, 2.05) is 36.5 Å². The van der Waals surface area contributed by atoms with Crippen LogP contribution in [0.1, 0.15) is 11.1 Å². The van der Waals surface area contributed by atoms with Gasteiger partial charge in [0.2, 0.25) is 0 Å². The van der Waals surface area contributed by atoms with E-state index in [1.165, 1.54) is 37.8 Å². The van der Waals surface area contributed by atoms with Crippen molar-refractivity contribution >= 4 is 39.6 Å². The zero-order chi connectivity index (χ0) is 37.9. The number of fused-ring (bicyclic) bond motifs is 3. The summed E-state index contributed by atoms with van der Waals surface area (Å²) in [5, 5.41) is 2.19. The molecule has 0 aliphatic carbocycles. The Hall–Kier alpha value is -5.39. The van der Waals surface area contributed by atoms with Crippen LogP contribution in [0.4, 0.5) is 0 Å². The molecule has 0 unspecified atom stereocenters. The summed E-state index contributed by atoms with van der Waals surface area (Å²) in [5.41, 5.74) is 15.1. The standard InChI is InChI=1S/C30H20NO.C21H22GeN.Ir/c1-20-17-28(31-19-27(20)22-11-6-3-7-12-22)26-14-8-13-25-24-16-15-23(18-29(24)32-30(25)26)21-9-4-2-5-10-21;1-16-13-21(23-15-20(16)22(2,3)4)19-12-8-11-18(14-19)17-9-6-5-7-10-17;/h2-13,15-19H,1H3;5-11,13-15H,1-4H3;/q2*-1;. The fourth-order valence-electron chi connectivity index (χ4n) is 7.27. The van der Waals surface area contributed by atoms with E-state index in [-0.39, 0.29) is 20.1 Å². The van der Waals surface area contributed by atoms with Crippen LogP contribution < -0.4 is 4.40 Å². The van der Waals surface area contributed by atoms with Crippen molar-refractivity contribution in [3.05, 3.63) is 187 Å². The molecule has 0 bridgehead atoms. The zero-order valence-corrected chi connectivity index (χ0v) is 36.7. The maximum absolute atomic E-state index is 6.38. The SMILES string of the molecule is Cc1cc(-c2[c-]ccc(-c3ccccc3)c2)nc[c]1[Ge]([CH3])([CH3])[CH3].Cc1cc(-c2[c-]ccc3c2oc2cc(-c4ccccc4)ccc23)ncc1-c1ccccc1.[Ir]. The van der Waals surface area contributed by atoms with E-state index in [0.29, 0.717) is 0 Å². The quantitative estimate of drug-likeness (QED) is 0.123. The van der Waals surface area contributed by atoms with Gasteiger partial charge in [-0.1, -0.05) is 89.8 Å². The Morgan fingerprint density at radius 3 is 1.73 bits per heavy atom. The molecule has 9 rings (SSSR count). The summed E-state index contributed by atoms with van der Waals surface area (Å²) in [7, 11) is 0. The minimum Gasteiger partial charge on any atom is -0.501 e. The van der Waals surface area contributed by atoms with Crippen LogP contribution in [0.2, 0.25) is 17.3 Å². The molecule has 0 N–H and O–H groups in total. The number of furan rings is 1. The summed E-state index contributed by atoms with van der Waals surface area (Å²) in [5.74, 6) is 7.23. The summed E-state index contributed by atoms with van der Waals surface area (Å²) >= 11 is -1.85. The van der Waals surface area contributed by atoms with Gasteiger partial charge in [0.05, 0.1) is 5.58 Å². The smallest absolute Gasteiger partial charge is 0.121 e. The minimum atomic E-state index is -1.85. The molecule has 6 aromatic carbocycles. The van der Waals surface area contributed by atoms with Gasteiger partial charge >= 0.3 is 142 Å². The number of nitrogens with zero attached hydrogens (tertiary/aromatic N) is 2. The molecule has 0 saturated heterocycles. The molecular formula is C51H42GeIrN2O-2. The zero-order valence-electron chi connectivity index (χ0n) is 32.2. The van der Waals surface area contributed by atoms with Crippen molar-refractivity contribution in [2.24, 2.45) is 0 Å². The normalized spacial score (nSPS) is 11.2. The molecule has 0 amide bonds. The van der Waals surface area contributed by atoms with Crippen LogP contribution in [0.15, 0.2) is 168 Å². The number of aryl methyl sites for hydroxylation is 2. The summed E-state index contributed by atoms with van der Waals surface area (Å²) < 4.78 is 7.86. The van der Waals surface area contributed by atoms with E-state index in [0.717, 1.165) is 55.6 Å². The number of hydrogen-bond donors (Lipinski definition) is 0. The van der Waals surface area contributed by atoms with Gasteiger partial charge in [-0.25, -0.2) is 0 Å². The molecule has 0 atom stereocenters. The average molecular weight is 964 g/mol. The molecule has 0 aliphatic heterocycles. The van der Waals surface area contributed by atoms with E-state index in [4.69, 9.17) is 14.4 Å². The maximum Gasteiger partial charge on any atom is 0.121 e. The molecule has 0 fully saturated rings. The third-order valence-corrected chi connectivity index (χ3v) is 14.6. The van der Waals surface area contributed by atoms with Crippen molar-refractivity contribution in [3.63, 3.8) is 0 Å². The van der Waals surface area contributed by atoms with E-state index in [1.54, 1.807) is 0 Å². The van der Waals surface area contributed by atoms with E-state index < -0.39 is 13.3 Å². The third kappa shape index (κ3) is 8.24. The van der Waals surface area contributed by atoms with Crippen molar-refractivity contribution in [2.75, 3.05) is 0 Å². The van der Waals surface area contributed by atoms with Crippen molar-refractivity contribution in [3.8, 4) is 55.9 Å². The molecule has 5 heteroatoms. The van der Waals surface area contributed by atoms with Crippen LogP contribution in [0.5, 0.6) is 0 Å². The van der Waals surface area contributed by atoms with Gasteiger partial charge in [-0.3, -0.25) is 0 Å². The monoisotopic (exact) mass is 965 g/mol. The molecule has 3 heterocycles. The van der Waals surface area contributed by atoms with Crippen molar-refractivity contribution < 1.29 is 24.5 Å². The first-order valence-electron chi connectivity index (χ1n) is 18.7. The second-order valence-electron chi connectivity index (χ2n) is 15.0. The van der Waals surface area contributed by atoms with Gasteiger partial charge in [0.15, 0.2) is 0 Å². The van der Waals surface area contributed by atoms with Crippen molar-refractivity contribution in [1.82, 2.24) is 9.97 Å². The van der Waals surface area contributed by atoms with Crippen LogP contribution in [-0.4, -0.2) is 23.2 Å². The van der Waals surface area contributed by atoms with Crippen molar-refractivity contribution in [1.29, 1.82) is 0 Å². The second kappa shape index (κ2) is 16.8. The number of hydrogen-bond acceptors (Lipinski definition) is 3. The van der Waals surface area contributed by atoms with Gasteiger partial charge in [-0.2, -0.15) is 0 Å². The van der Waals surface area contributed by atoms with E-state index in [2.05, 4.69) is 171 Å². The number of pyridine rings is 2. The Morgan fingerprint density at radius 2 is 1.11 bits per heavy atom. The van der Waals surface area contributed by atoms with Crippen LogP contribution in [0.25, 0.3) is 77.8 Å². The average Bonchev–Trinajstić information content (AvgIpc) is 3.60. The molecular weight excluding hydrogens is 921 g/mol. The number of benzene rings is 6. The summed E-state index contributed by atoms with van der Waals surface area (Å²) in [4.78, 5) is 9.51. The largest absolute Gasteiger partial charge is 0.501 e. The van der Waals surface area contributed by atoms with Crippen molar-refractivity contribution in [2.45, 2.75) is 31.1 Å². The fourth-order valence-corrected chi connectivity index (χ4v) is 10.8. The molecule has 3 aromatic heterocycles. The molecule has 0 spiro atoms. The Labute approximate surface area is 346 Å². The Morgan fingerprint density at radius 1 is 0.518 bits per heavy atom. The van der Waals surface area contributed by atoms with Crippen LogP contribution in [-0.2, 0) is 20.1 Å². The molecule has 56 heavy (non-hydrogen) atoms. The molecule has 1 radical (unpaired) electrons. The number of rotatable bonds is 6. The van der Waals surface area contributed by atoms with Crippen LogP contribution in [0, 0.1) is 26.0 Å². The second-order valence-corrected chi connectivity index (χ2v) is 25.6. The molecule has 0 saturated carbocycles. The first-order chi connectivity index (χ1) is 26.7. The summed E-state index contributed by atoms with van der Waals surface area (Å²) in [6.07, 6.45) is 4.04.